The number of ether oxygens (including phenoxy) is 1. The van der Waals surface area contributed by atoms with Crippen LogP contribution in [0.2, 0.25) is 0 Å². The molecule has 0 aliphatic carbocycles. The van der Waals surface area contributed by atoms with Crippen molar-refractivity contribution in [3.8, 4) is 0 Å². The third kappa shape index (κ3) is 3.94. The first-order valence-electron chi connectivity index (χ1n) is 10.5. The van der Waals surface area contributed by atoms with Gasteiger partial charge in [0.05, 0.1) is 5.92 Å². The maximum Gasteiger partial charge on any atom is 0.324 e. The van der Waals surface area contributed by atoms with Crippen LogP contribution in [-0.2, 0) is 15.1 Å². The number of nitrogens with one attached hydrogen (secondary N) is 1. The van der Waals surface area contributed by atoms with E-state index in [2.05, 4.69) is 5.32 Å². The van der Waals surface area contributed by atoms with E-state index in [0.717, 1.165) is 16.0 Å². The van der Waals surface area contributed by atoms with Gasteiger partial charge >= 0.3 is 5.97 Å². The number of carbonyl (C=O) groups is 1. The van der Waals surface area contributed by atoms with Crippen LogP contribution in [0.5, 0.6) is 0 Å². The zero-order valence-electron chi connectivity index (χ0n) is 18.2. The second-order valence-electron chi connectivity index (χ2n) is 8.97. The van der Waals surface area contributed by atoms with Gasteiger partial charge in [-0.05, 0) is 43.3 Å². The third-order valence-electron chi connectivity index (χ3n) is 5.74. The van der Waals surface area contributed by atoms with Crippen molar-refractivity contribution in [2.24, 2.45) is 0 Å². The van der Waals surface area contributed by atoms with Gasteiger partial charge in [-0.25, -0.2) is 0 Å². The molecule has 1 aromatic heterocycles. The Kier molecular flexibility index (Phi) is 5.88. The lowest BCUT2D eigenvalue weighted by Gasteiger charge is -2.33. The number of nitrogens with zero attached hydrogens (tertiary/aromatic N) is 1. The molecule has 3 atom stereocenters. The molecule has 2 heterocycles. The first kappa shape index (κ1) is 22.2. The average molecular weight is 451 g/mol. The van der Waals surface area contributed by atoms with Gasteiger partial charge in [0.1, 0.15) is 17.2 Å². The minimum absolute atomic E-state index is 0.248. The van der Waals surface area contributed by atoms with Crippen molar-refractivity contribution in [3.05, 3.63) is 104 Å². The predicted molar refractivity (Wildman–Crippen MR) is 124 cm³/mol. The lowest BCUT2D eigenvalue weighted by Crippen LogP contribution is -2.51. The van der Waals surface area contributed by atoms with Crippen molar-refractivity contribution in [1.29, 1.82) is 0 Å². The van der Waals surface area contributed by atoms with Crippen LogP contribution in [0, 0.1) is 10.1 Å². The van der Waals surface area contributed by atoms with Crippen molar-refractivity contribution in [2.45, 2.75) is 49.9 Å². The molecule has 0 saturated carbocycles. The molecule has 32 heavy (non-hydrogen) atoms. The molecule has 0 amide bonds. The van der Waals surface area contributed by atoms with Crippen molar-refractivity contribution in [1.82, 2.24) is 5.32 Å². The van der Waals surface area contributed by atoms with Crippen LogP contribution in [0.15, 0.2) is 78.2 Å². The molecule has 6 nitrogen and oxygen atoms in total. The molecule has 4 rings (SSSR count). The molecule has 1 aliphatic rings. The molecular formula is C25H26N2O4S. The van der Waals surface area contributed by atoms with Crippen LogP contribution >= 0.6 is 11.3 Å². The molecule has 1 saturated heterocycles. The summed E-state index contributed by atoms with van der Waals surface area (Å²) in [5.74, 6) is -1.18. The molecule has 2 aromatic carbocycles. The highest BCUT2D eigenvalue weighted by molar-refractivity contribution is 7.10. The Morgan fingerprint density at radius 3 is 2.00 bits per heavy atom. The number of hydrogen-bond donors (Lipinski definition) is 1. The van der Waals surface area contributed by atoms with Gasteiger partial charge in [0, 0.05) is 9.80 Å². The summed E-state index contributed by atoms with van der Waals surface area (Å²) < 4.78 is 5.72. The van der Waals surface area contributed by atoms with Crippen LogP contribution in [-0.4, -0.2) is 28.6 Å². The molecule has 166 valence electrons. The fourth-order valence-corrected chi connectivity index (χ4v) is 5.50. The molecule has 1 fully saturated rings. The van der Waals surface area contributed by atoms with Gasteiger partial charge in [0.15, 0.2) is 0 Å². The number of carbonyl (C=O) groups excluding carboxylic acids is 1. The zero-order valence-corrected chi connectivity index (χ0v) is 19.0. The van der Waals surface area contributed by atoms with Gasteiger partial charge in [-0.2, -0.15) is 0 Å². The van der Waals surface area contributed by atoms with Gasteiger partial charge in [-0.15, -0.1) is 11.3 Å². The topological polar surface area (TPSA) is 81.5 Å². The Labute approximate surface area is 191 Å². The summed E-state index contributed by atoms with van der Waals surface area (Å²) in [6.45, 7) is 5.39. The van der Waals surface area contributed by atoms with Crippen LogP contribution < -0.4 is 5.32 Å². The molecule has 0 unspecified atom stereocenters. The highest BCUT2D eigenvalue weighted by Gasteiger charge is 2.65. The molecule has 7 heteroatoms. The van der Waals surface area contributed by atoms with Crippen molar-refractivity contribution in [3.63, 3.8) is 0 Å². The van der Waals surface area contributed by atoms with Crippen molar-refractivity contribution in [2.75, 3.05) is 0 Å². The number of hydrogen-bond acceptors (Lipinski definition) is 6. The molecule has 0 radical (unpaired) electrons. The summed E-state index contributed by atoms with van der Waals surface area (Å²) in [7, 11) is 0. The van der Waals surface area contributed by atoms with E-state index in [1.54, 1.807) is 20.8 Å². The molecule has 1 aliphatic heterocycles. The minimum Gasteiger partial charge on any atom is -0.459 e. The Balaban J connectivity index is 1.97. The SMILES string of the molecule is CC(C)(C)OC(=O)[C@H]1NC(c2ccccc2)(c2ccccc2)[C@@H]([N+](=O)[O-])[C@@H]1c1cccs1. The standard InChI is InChI=1S/C25H26N2O4S/c1-24(2,3)31-23(28)21-20(19-15-10-16-32-19)22(27(29)30)25(26-21,17-11-6-4-7-12-17)18-13-8-5-9-14-18/h4-16,20-22,26H,1-3H3/t20-,21+,22+/m1/s1. The molecule has 1 N–H and O–H groups in total. The van der Waals surface area contributed by atoms with Crippen LogP contribution in [0.4, 0.5) is 0 Å². The quantitative estimate of drug-likeness (QED) is 0.345. The Morgan fingerprint density at radius 1 is 1.00 bits per heavy atom. The third-order valence-corrected chi connectivity index (χ3v) is 6.72. The number of esters is 1. The summed E-state index contributed by atoms with van der Waals surface area (Å²) >= 11 is 1.42. The lowest BCUT2D eigenvalue weighted by atomic mass is 9.75. The lowest BCUT2D eigenvalue weighted by molar-refractivity contribution is -0.533. The first-order chi connectivity index (χ1) is 15.2. The number of thiophene rings is 1. The van der Waals surface area contributed by atoms with Gasteiger partial charge in [-0.3, -0.25) is 20.2 Å². The van der Waals surface area contributed by atoms with E-state index in [9.17, 15) is 14.9 Å². The van der Waals surface area contributed by atoms with Gasteiger partial charge in [0.2, 0.25) is 6.04 Å². The van der Waals surface area contributed by atoms with E-state index in [4.69, 9.17) is 4.74 Å². The van der Waals surface area contributed by atoms with Crippen molar-refractivity contribution < 1.29 is 14.5 Å². The maximum absolute atomic E-state index is 13.4. The second-order valence-corrected chi connectivity index (χ2v) is 9.95. The molecule has 0 bridgehead atoms. The largest absolute Gasteiger partial charge is 0.459 e. The van der Waals surface area contributed by atoms with Crippen LogP contribution in [0.25, 0.3) is 0 Å². The first-order valence-corrected chi connectivity index (χ1v) is 11.4. The Bertz CT molecular complexity index is 1040. The highest BCUT2D eigenvalue weighted by Crippen LogP contribution is 2.49. The highest BCUT2D eigenvalue weighted by atomic mass is 32.1. The summed E-state index contributed by atoms with van der Waals surface area (Å²) in [6.07, 6.45) is 0. The normalized spacial score (nSPS) is 22.4. The molecular weight excluding hydrogens is 424 g/mol. The number of rotatable bonds is 5. The number of nitro groups is 1. The Morgan fingerprint density at radius 2 is 1.56 bits per heavy atom. The summed E-state index contributed by atoms with van der Waals surface area (Å²) in [6, 6.07) is 20.4. The van der Waals surface area contributed by atoms with E-state index < -0.39 is 35.1 Å². The number of benzene rings is 2. The average Bonchev–Trinajstić information content (AvgIpc) is 3.40. The fourth-order valence-electron chi connectivity index (χ4n) is 4.61. The molecule has 3 aromatic rings. The van der Waals surface area contributed by atoms with Crippen LogP contribution in [0.3, 0.4) is 0 Å². The van der Waals surface area contributed by atoms with E-state index in [0.29, 0.717) is 0 Å². The monoisotopic (exact) mass is 450 g/mol. The van der Waals surface area contributed by atoms with Gasteiger partial charge in [-0.1, -0.05) is 66.7 Å². The summed E-state index contributed by atoms with van der Waals surface area (Å²) in [5.41, 5.74) is -0.448. The van der Waals surface area contributed by atoms with Gasteiger partial charge in [0.25, 0.3) is 0 Å². The van der Waals surface area contributed by atoms with Crippen LogP contribution in [0.1, 0.15) is 42.7 Å². The van der Waals surface area contributed by atoms with E-state index >= 15 is 0 Å². The van der Waals surface area contributed by atoms with E-state index in [-0.39, 0.29) is 4.92 Å². The Hall–Kier alpha value is -3.03. The van der Waals surface area contributed by atoms with Gasteiger partial charge < -0.3 is 4.74 Å². The predicted octanol–water partition coefficient (Wildman–Crippen LogP) is 4.73. The fraction of sp³-hybridized carbons (Fsp3) is 0.320. The smallest absolute Gasteiger partial charge is 0.324 e. The minimum atomic E-state index is -1.21. The maximum atomic E-state index is 13.4. The zero-order chi connectivity index (χ0) is 22.9. The van der Waals surface area contributed by atoms with E-state index in [1.165, 1.54) is 11.3 Å². The molecule has 0 spiro atoms. The van der Waals surface area contributed by atoms with E-state index in [1.807, 2.05) is 78.2 Å². The summed E-state index contributed by atoms with van der Waals surface area (Å²) in [4.78, 5) is 26.7. The van der Waals surface area contributed by atoms with Crippen molar-refractivity contribution >= 4 is 17.3 Å². The second kappa shape index (κ2) is 8.48. The summed E-state index contributed by atoms with van der Waals surface area (Å²) in [5, 5.41) is 18.0.